The van der Waals surface area contributed by atoms with E-state index in [1.165, 1.54) is 28.4 Å². The van der Waals surface area contributed by atoms with Crippen molar-refractivity contribution in [1.82, 2.24) is 10.6 Å². The number of carbonyl (C=O) groups is 2. The summed E-state index contributed by atoms with van der Waals surface area (Å²) < 4.78 is 20.0. The molecule has 0 spiro atoms. The Labute approximate surface area is 455 Å². The number of methoxy groups -OCH3 is 4. The average Bonchev–Trinajstić information content (AvgIpc) is 3.30. The Bertz CT molecular complexity index is 1840. The summed E-state index contributed by atoms with van der Waals surface area (Å²) in [6, 6.07) is 20.4. The summed E-state index contributed by atoms with van der Waals surface area (Å²) >= 11 is 9.35. The van der Waals surface area contributed by atoms with Gasteiger partial charge >= 0.3 is 76.3 Å². The second kappa shape index (κ2) is 40.1. The van der Waals surface area contributed by atoms with Crippen molar-refractivity contribution >= 4 is 60.0 Å². The third kappa shape index (κ3) is 26.9. The second-order valence-electron chi connectivity index (χ2n) is 12.2. The predicted molar refractivity (Wildman–Crippen MR) is 237 cm³/mol. The Morgan fingerprint density at radius 2 is 0.667 bits per heavy atom. The van der Waals surface area contributed by atoms with Crippen molar-refractivity contribution < 1.29 is 136 Å². The molecule has 0 unspecified atom stereocenters. The van der Waals surface area contributed by atoms with Crippen LogP contribution in [-0.2, 0) is 9.59 Å². The number of carboxylic acid groups (broad SMARTS) is 2. The van der Waals surface area contributed by atoms with Crippen LogP contribution >= 0.6 is 23.2 Å². The molecule has 0 saturated heterocycles. The molecular weight excluding hydrogens is 1200 g/mol. The van der Waals surface area contributed by atoms with Crippen molar-refractivity contribution in [2.24, 2.45) is 20.0 Å². The van der Waals surface area contributed by atoms with Gasteiger partial charge in [0.2, 0.25) is 0 Å². The molecule has 0 aliphatic heterocycles. The first-order valence-electron chi connectivity index (χ1n) is 19.2. The topological polar surface area (TPSA) is 283 Å². The summed E-state index contributed by atoms with van der Waals surface area (Å²) in [5, 5.41) is 72.4. The minimum atomic E-state index is -1.23. The van der Waals surface area contributed by atoms with Gasteiger partial charge < -0.3 is 69.8 Å². The number of ether oxygens (including phenoxy) is 4. The van der Waals surface area contributed by atoms with Crippen LogP contribution in [0.5, 0.6) is 46.0 Å². The van der Waals surface area contributed by atoms with Gasteiger partial charge in [-0.15, -0.1) is 23.2 Å². The molecule has 0 atom stereocenters. The Balaban J connectivity index is 0. The van der Waals surface area contributed by atoms with E-state index >= 15 is 0 Å². The van der Waals surface area contributed by atoms with E-state index < -0.39 is 23.7 Å². The Kier molecular flexibility index (Phi) is 38.9. The van der Waals surface area contributed by atoms with Crippen LogP contribution in [0.25, 0.3) is 0 Å². The van der Waals surface area contributed by atoms with Crippen LogP contribution < -0.4 is 60.2 Å². The molecule has 22 heteroatoms. The molecule has 0 bridgehead atoms. The maximum atomic E-state index is 11.9. The van der Waals surface area contributed by atoms with E-state index in [0.717, 1.165) is 0 Å². The predicted octanol–water partition coefficient (Wildman–Crippen LogP) is -0.0926. The summed E-state index contributed by atoms with van der Waals surface area (Å²) in [7, 11) is 5.87. The molecule has 2 radical (unpaired) electrons. The number of hydrogen-bond donors (Lipinski definition) is 2. The van der Waals surface area contributed by atoms with Gasteiger partial charge in [-0.3, -0.25) is 20.0 Å². The molecule has 4 rings (SSSR count). The molecule has 4 aromatic rings. The summed E-state index contributed by atoms with van der Waals surface area (Å²) in [6.45, 7) is 4.82. The summed E-state index contributed by atoms with van der Waals surface area (Å²) in [5.41, 5.74) is 2.02. The molecule has 362 valence electrons. The van der Waals surface area contributed by atoms with E-state index in [1.807, 2.05) is 0 Å². The molecule has 0 aliphatic carbocycles. The number of alkyl halides is 2. The normalized spacial score (nSPS) is 10.4. The third-order valence-electron chi connectivity index (χ3n) is 7.73. The minimum absolute atomic E-state index is 0. The quantitative estimate of drug-likeness (QED) is 0.0591. The Hall–Kier alpha value is -4.05. The summed E-state index contributed by atoms with van der Waals surface area (Å²) in [4.78, 5) is 35.2. The largest absolute Gasteiger partial charge is 3.00 e. The van der Waals surface area contributed by atoms with Crippen LogP contribution in [0.2, 0.25) is 0 Å². The molecule has 18 nitrogen and oxygen atoms in total. The van der Waals surface area contributed by atoms with E-state index in [9.17, 15) is 20.4 Å². The molecule has 0 amide bonds. The zero-order valence-corrected chi connectivity index (χ0v) is 42.0. The van der Waals surface area contributed by atoms with Gasteiger partial charge in [0.15, 0.2) is 0 Å². The molecule has 0 heterocycles. The molecule has 66 heavy (non-hydrogen) atoms. The molecular formula is C44H50Cl2Dy2N6O12. The van der Waals surface area contributed by atoms with Gasteiger partial charge in [-0.05, 0) is 46.5 Å². The molecule has 2 N–H and O–H groups in total. The number of carbonyl (C=O) groups excluding carboxylic acids is 2. The second-order valence-corrected chi connectivity index (χ2v) is 12.7. The van der Waals surface area contributed by atoms with E-state index in [2.05, 4.69) is 53.8 Å². The van der Waals surface area contributed by atoms with Crippen LogP contribution in [-0.4, -0.2) is 129 Å². The first-order chi connectivity index (χ1) is 30.9. The maximum Gasteiger partial charge on any atom is 3.00 e. The van der Waals surface area contributed by atoms with Gasteiger partial charge in [0.05, 0.1) is 78.3 Å². The van der Waals surface area contributed by atoms with E-state index in [0.29, 0.717) is 97.6 Å². The first-order valence-corrected chi connectivity index (χ1v) is 20.2. The van der Waals surface area contributed by atoms with Crippen LogP contribution in [0.4, 0.5) is 0 Å². The standard InChI is InChI=1S/2C20H25N3O4.2C2H3ClO2.2Dy/c2*1-26-17-7-3-5-15(19(17)24)13-22-11-9-21-10-12-23-14-16-6-4-8-18(27-2)20(16)25;2*3-1-2(4)5;;/h2*3-8,13-14,21,24-25H,9-12H2,1-2H3;2*1H2,(H,4,5);;/q;;;;2*+3/p-6. The van der Waals surface area contributed by atoms with Crippen molar-refractivity contribution in [3.63, 3.8) is 0 Å². The van der Waals surface area contributed by atoms with Crippen LogP contribution in [0.15, 0.2) is 92.8 Å². The zero-order valence-electron chi connectivity index (χ0n) is 36.4. The number of rotatable bonds is 22. The fraction of sp³-hybridized carbons (Fsp3) is 0.318. The first kappa shape index (κ1) is 64.0. The smallest absolute Gasteiger partial charge is 0.870 e. The van der Waals surface area contributed by atoms with Crippen LogP contribution in [0.3, 0.4) is 0 Å². The number of para-hydroxylation sites is 4. The number of aliphatic carboxylic acids is 2. The number of halogens is 2. The number of carboxylic acids is 2. The van der Waals surface area contributed by atoms with Gasteiger partial charge in [0, 0.05) is 51.0 Å². The molecule has 0 aliphatic rings. The Morgan fingerprint density at radius 1 is 0.470 bits per heavy atom. The van der Waals surface area contributed by atoms with Crippen molar-refractivity contribution in [2.75, 3.05) is 92.6 Å². The average molecular weight is 1250 g/mol. The van der Waals surface area contributed by atoms with Gasteiger partial charge in [-0.25, -0.2) is 0 Å². The van der Waals surface area contributed by atoms with E-state index in [4.69, 9.17) is 38.7 Å². The van der Waals surface area contributed by atoms with Crippen molar-refractivity contribution in [1.29, 1.82) is 0 Å². The van der Waals surface area contributed by atoms with Gasteiger partial charge in [-0.2, -0.15) is 0 Å². The van der Waals surface area contributed by atoms with Gasteiger partial charge in [0.25, 0.3) is 0 Å². The molecule has 4 aromatic carbocycles. The SMILES string of the molecule is COc1cccc(C=NCCNCCN=Cc2cccc(OC)c2[O-])c1[O-].COc1cccc(C=NCCNCCN=Cc2cccc(OC)c2[O-])c1[O-].O=C([O-])CCl.O=C([O-])CCl.[Dy+3].[Dy+3]. The number of nitrogens with zero attached hydrogens (tertiary/aromatic N) is 4. The molecule has 0 saturated carbocycles. The molecule has 0 aromatic heterocycles. The summed E-state index contributed by atoms with van der Waals surface area (Å²) in [6.07, 6.45) is 6.24. The third-order valence-corrected chi connectivity index (χ3v) is 8.16. The fourth-order valence-electron chi connectivity index (χ4n) is 4.66. The fourth-order valence-corrected chi connectivity index (χ4v) is 4.66. The van der Waals surface area contributed by atoms with E-state index in [-0.39, 0.29) is 99.3 Å². The Morgan fingerprint density at radius 3 is 0.833 bits per heavy atom. The monoisotopic (exact) mass is 1250 g/mol. The van der Waals surface area contributed by atoms with Crippen molar-refractivity contribution in [3.8, 4) is 46.0 Å². The number of aliphatic imine (C=N–C) groups is 4. The van der Waals surface area contributed by atoms with Crippen molar-refractivity contribution in [2.45, 2.75) is 0 Å². The maximum absolute atomic E-state index is 11.9. The number of nitrogens with one attached hydrogen (secondary N) is 2. The van der Waals surface area contributed by atoms with Crippen LogP contribution in [0.1, 0.15) is 22.3 Å². The number of benzene rings is 4. The number of hydrogen-bond acceptors (Lipinski definition) is 18. The van der Waals surface area contributed by atoms with E-state index in [1.54, 1.807) is 97.7 Å². The van der Waals surface area contributed by atoms with Crippen molar-refractivity contribution in [3.05, 3.63) is 95.1 Å². The van der Waals surface area contributed by atoms with Gasteiger partial charge in [-0.1, -0.05) is 71.5 Å². The zero-order chi connectivity index (χ0) is 47.5. The summed E-state index contributed by atoms with van der Waals surface area (Å²) in [5.74, 6) is -2.71. The van der Waals surface area contributed by atoms with Gasteiger partial charge in [0.1, 0.15) is 23.0 Å². The molecule has 0 fully saturated rings. The minimum Gasteiger partial charge on any atom is -0.870 e. The van der Waals surface area contributed by atoms with Crippen LogP contribution in [0, 0.1) is 76.3 Å².